The fourth-order valence-corrected chi connectivity index (χ4v) is 5.56. The van der Waals surface area contributed by atoms with Crippen LogP contribution in [0.3, 0.4) is 0 Å². The van der Waals surface area contributed by atoms with Gasteiger partial charge in [-0.15, -0.1) is 12.4 Å². The van der Waals surface area contributed by atoms with Crippen molar-refractivity contribution >= 4 is 29.1 Å². The van der Waals surface area contributed by atoms with Crippen LogP contribution < -0.4 is 0 Å². The molecule has 1 fully saturated rings. The molecule has 0 amide bonds. The molecule has 4 nitrogen and oxygen atoms in total. The highest BCUT2D eigenvalue weighted by molar-refractivity contribution is 5.99. The Balaban J connectivity index is 0.00000146. The number of piperidine rings is 1. The molecule has 0 spiro atoms. The third-order valence-electron chi connectivity index (χ3n) is 6.58. The predicted octanol–water partition coefficient (Wildman–Crippen LogP) is 4.19. The van der Waals surface area contributed by atoms with E-state index in [0.717, 1.165) is 25.1 Å². The maximum absolute atomic E-state index is 9.74. The first-order chi connectivity index (χ1) is 11.3. The van der Waals surface area contributed by atoms with Crippen LogP contribution in [0.4, 0.5) is 0 Å². The largest absolute Gasteiger partial charge is 0.409 e. The van der Waals surface area contributed by atoms with Crippen molar-refractivity contribution in [2.24, 2.45) is 10.6 Å². The Kier molecular flexibility index (Phi) is 3.66. The first-order valence-electron chi connectivity index (χ1n) is 8.86. The van der Waals surface area contributed by atoms with Gasteiger partial charge in [0.2, 0.25) is 0 Å². The molecule has 1 aromatic heterocycles. The number of nitrogens with zero attached hydrogens (tertiary/aromatic N) is 3. The summed E-state index contributed by atoms with van der Waals surface area (Å²) in [6.07, 6.45) is 5.64. The molecule has 0 bridgehead atoms. The quantitative estimate of drug-likeness (QED) is 0.622. The molecule has 0 saturated carbocycles. The highest BCUT2D eigenvalue weighted by Crippen LogP contribution is 2.56. The Bertz CT molecular complexity index is 827. The zero-order valence-corrected chi connectivity index (χ0v) is 14.9. The summed E-state index contributed by atoms with van der Waals surface area (Å²) in [4.78, 5) is 2.69. The number of hydrogen-bond donors (Lipinski definition) is 1. The van der Waals surface area contributed by atoms with Crippen molar-refractivity contribution in [3.05, 3.63) is 35.5 Å². The van der Waals surface area contributed by atoms with E-state index in [2.05, 4.69) is 45.8 Å². The topological polar surface area (TPSA) is 40.8 Å². The molecule has 1 N–H and O–H groups in total. The van der Waals surface area contributed by atoms with E-state index in [-0.39, 0.29) is 17.8 Å². The van der Waals surface area contributed by atoms with Gasteiger partial charge in [0.15, 0.2) is 5.84 Å². The van der Waals surface area contributed by atoms with Gasteiger partial charge < -0.3 is 5.21 Å². The highest BCUT2D eigenvalue weighted by Gasteiger charge is 2.52. The Morgan fingerprint density at radius 2 is 2.12 bits per heavy atom. The maximum Gasteiger partial charge on any atom is 0.153 e. The van der Waals surface area contributed by atoms with Crippen LogP contribution in [0.2, 0.25) is 0 Å². The number of hydrogen-bond acceptors (Lipinski definition) is 3. The van der Waals surface area contributed by atoms with Gasteiger partial charge in [-0.2, -0.15) is 0 Å². The van der Waals surface area contributed by atoms with Gasteiger partial charge in [0, 0.05) is 24.0 Å². The number of para-hydroxylation sites is 1. The monoisotopic (exact) mass is 345 g/mol. The van der Waals surface area contributed by atoms with Crippen molar-refractivity contribution in [1.82, 2.24) is 9.47 Å². The smallest absolute Gasteiger partial charge is 0.153 e. The van der Waals surface area contributed by atoms with Crippen LogP contribution in [0.25, 0.3) is 10.9 Å². The summed E-state index contributed by atoms with van der Waals surface area (Å²) in [6, 6.07) is 9.11. The van der Waals surface area contributed by atoms with Crippen LogP contribution in [0.5, 0.6) is 0 Å². The molecule has 0 radical (unpaired) electrons. The summed E-state index contributed by atoms with van der Waals surface area (Å²) in [7, 11) is 0. The maximum atomic E-state index is 9.74. The third kappa shape index (κ3) is 1.81. The van der Waals surface area contributed by atoms with Crippen LogP contribution in [0.15, 0.2) is 29.4 Å². The predicted molar refractivity (Wildman–Crippen MR) is 98.4 cm³/mol. The number of rotatable bonds is 1. The molecule has 5 rings (SSSR count). The zero-order valence-electron chi connectivity index (χ0n) is 14.0. The van der Waals surface area contributed by atoms with Crippen LogP contribution >= 0.6 is 12.4 Å². The van der Waals surface area contributed by atoms with E-state index in [1.165, 1.54) is 48.1 Å². The van der Waals surface area contributed by atoms with Crippen LogP contribution in [-0.2, 0) is 6.42 Å². The summed E-state index contributed by atoms with van der Waals surface area (Å²) < 4.78 is 2.26. The number of halogens is 1. The molecule has 1 saturated heterocycles. The minimum absolute atomic E-state index is 0. The van der Waals surface area contributed by atoms with Gasteiger partial charge >= 0.3 is 0 Å². The molecule has 0 unspecified atom stereocenters. The van der Waals surface area contributed by atoms with Crippen molar-refractivity contribution in [1.29, 1.82) is 0 Å². The van der Waals surface area contributed by atoms with Crippen molar-refractivity contribution in [2.75, 3.05) is 13.1 Å². The van der Waals surface area contributed by atoms with E-state index < -0.39 is 0 Å². The van der Waals surface area contributed by atoms with Gasteiger partial charge in [-0.1, -0.05) is 30.3 Å². The minimum Gasteiger partial charge on any atom is -0.409 e. The molecule has 24 heavy (non-hydrogen) atoms. The van der Waals surface area contributed by atoms with Crippen molar-refractivity contribution in [2.45, 2.75) is 45.1 Å². The number of fused-ring (bicyclic) bond motifs is 3. The van der Waals surface area contributed by atoms with E-state index in [4.69, 9.17) is 0 Å². The van der Waals surface area contributed by atoms with E-state index in [1.54, 1.807) is 0 Å². The Labute approximate surface area is 148 Å². The lowest BCUT2D eigenvalue weighted by Gasteiger charge is -2.54. The normalized spacial score (nSPS) is 30.2. The molecule has 2 atom stereocenters. The Morgan fingerprint density at radius 1 is 1.29 bits per heavy atom. The Hall–Kier alpha value is -1.52. The van der Waals surface area contributed by atoms with Crippen LogP contribution in [-0.4, -0.2) is 33.6 Å². The van der Waals surface area contributed by atoms with Gasteiger partial charge in [0.1, 0.15) is 0 Å². The van der Waals surface area contributed by atoms with Crippen molar-refractivity contribution in [3.8, 4) is 0 Å². The van der Waals surface area contributed by atoms with E-state index in [9.17, 15) is 5.21 Å². The molecule has 2 aromatic rings. The summed E-state index contributed by atoms with van der Waals surface area (Å²) in [6.45, 7) is 4.68. The fourth-order valence-electron chi connectivity index (χ4n) is 5.56. The highest BCUT2D eigenvalue weighted by atomic mass is 35.5. The number of aromatic nitrogens is 1. The van der Waals surface area contributed by atoms with Crippen LogP contribution in [0, 0.1) is 5.41 Å². The molecule has 0 aliphatic carbocycles. The molecule has 128 valence electrons. The molecule has 3 aliphatic rings. The SMILES string of the molecule is CC[C@]12CCCN3CCc4c(n(c5ccccc45)/C(=N\O)C1)[C@@H]32.Cl. The van der Waals surface area contributed by atoms with Gasteiger partial charge in [0.05, 0.1) is 11.6 Å². The van der Waals surface area contributed by atoms with Crippen molar-refractivity contribution in [3.63, 3.8) is 0 Å². The first-order valence-corrected chi connectivity index (χ1v) is 8.86. The van der Waals surface area contributed by atoms with E-state index in [0.29, 0.717) is 6.04 Å². The summed E-state index contributed by atoms with van der Waals surface area (Å²) >= 11 is 0. The molecular weight excluding hydrogens is 322 g/mol. The van der Waals surface area contributed by atoms with Crippen LogP contribution in [0.1, 0.15) is 49.9 Å². The standard InChI is InChI=1S/C19H23N3O.ClH/c1-2-19-9-5-10-21-11-8-14-13-6-3-4-7-15(13)22(16(12-19)20-23)17(14)18(19)21;/h3-4,6-7,18,23H,2,5,8-12H2,1H3;1H/b20-16-;/t18-,19+;/m1./s1. The first kappa shape index (κ1) is 16.0. The number of benzene rings is 1. The molecule has 5 heteroatoms. The lowest BCUT2D eigenvalue weighted by atomic mass is 9.64. The average Bonchev–Trinajstić information content (AvgIpc) is 2.95. The molecule has 3 aliphatic heterocycles. The van der Waals surface area contributed by atoms with Gasteiger partial charge in [0.25, 0.3) is 0 Å². The summed E-state index contributed by atoms with van der Waals surface area (Å²) in [5.74, 6) is 0.837. The second-order valence-corrected chi connectivity index (χ2v) is 7.42. The third-order valence-corrected chi connectivity index (χ3v) is 6.58. The fraction of sp³-hybridized carbons (Fsp3) is 0.526. The Morgan fingerprint density at radius 3 is 2.92 bits per heavy atom. The number of oxime groups is 1. The lowest BCUT2D eigenvalue weighted by molar-refractivity contribution is -0.00416. The summed E-state index contributed by atoms with van der Waals surface area (Å²) in [5, 5.41) is 14.8. The second-order valence-electron chi connectivity index (χ2n) is 7.42. The second kappa shape index (κ2) is 5.50. The van der Waals surface area contributed by atoms with Gasteiger partial charge in [-0.3, -0.25) is 9.47 Å². The molecule has 1 aromatic carbocycles. The average molecular weight is 346 g/mol. The lowest BCUT2D eigenvalue weighted by Crippen LogP contribution is -2.53. The van der Waals surface area contributed by atoms with Gasteiger partial charge in [-0.05, 0) is 49.3 Å². The summed E-state index contributed by atoms with van der Waals surface area (Å²) in [5.41, 5.74) is 4.35. The minimum atomic E-state index is 0. The van der Waals surface area contributed by atoms with Crippen molar-refractivity contribution < 1.29 is 5.21 Å². The van der Waals surface area contributed by atoms with Gasteiger partial charge in [-0.25, -0.2) is 0 Å². The van der Waals surface area contributed by atoms with E-state index in [1.807, 2.05) is 0 Å². The molecule has 4 heterocycles. The zero-order chi connectivity index (χ0) is 15.6. The molecular formula is C19H24ClN3O. The van der Waals surface area contributed by atoms with E-state index >= 15 is 0 Å².